The van der Waals surface area contributed by atoms with Gasteiger partial charge in [-0.15, -0.1) is 0 Å². The molecule has 4 nitrogen and oxygen atoms in total. The van der Waals surface area contributed by atoms with Gasteiger partial charge in [-0.3, -0.25) is 9.88 Å². The Hall–Kier alpha value is -0.970. The predicted octanol–water partition coefficient (Wildman–Crippen LogP) is 1.40. The third kappa shape index (κ3) is 4.72. The third-order valence-electron chi connectivity index (χ3n) is 3.17. The highest BCUT2D eigenvalue weighted by Crippen LogP contribution is 2.28. The summed E-state index contributed by atoms with van der Waals surface area (Å²) in [6.07, 6.45) is 2.71. The van der Waals surface area contributed by atoms with E-state index in [2.05, 4.69) is 16.9 Å². The number of likely N-dealkylation sites (N-methyl/N-ethyl adjacent to an activating group) is 1. The first kappa shape index (κ1) is 13.5. The molecule has 1 saturated carbocycles. The van der Waals surface area contributed by atoms with Crippen molar-refractivity contribution in [1.29, 1.82) is 0 Å². The maximum atomic E-state index is 5.63. The molecule has 0 radical (unpaired) electrons. The molecule has 0 atom stereocenters. The minimum atomic E-state index is 0.502. The van der Waals surface area contributed by atoms with Gasteiger partial charge in [0.15, 0.2) is 0 Å². The highest BCUT2D eigenvalue weighted by molar-refractivity contribution is 5.10. The zero-order valence-electron chi connectivity index (χ0n) is 11.1. The number of pyridine rings is 1. The summed E-state index contributed by atoms with van der Waals surface area (Å²) in [5.41, 5.74) is 7.61. The zero-order chi connectivity index (χ0) is 12.8. The van der Waals surface area contributed by atoms with Crippen LogP contribution in [0.15, 0.2) is 18.2 Å². The molecular formula is C14H23N3O. The largest absolute Gasteiger partial charge is 0.380 e. The van der Waals surface area contributed by atoms with Gasteiger partial charge in [0, 0.05) is 26.2 Å². The predicted molar refractivity (Wildman–Crippen MR) is 72.0 cm³/mol. The van der Waals surface area contributed by atoms with Gasteiger partial charge in [-0.05, 0) is 37.9 Å². The molecule has 1 aromatic rings. The molecule has 1 fully saturated rings. The van der Waals surface area contributed by atoms with Gasteiger partial charge in [-0.2, -0.15) is 0 Å². The Morgan fingerprint density at radius 3 is 2.89 bits per heavy atom. The molecule has 1 aromatic heterocycles. The second-order valence-corrected chi connectivity index (χ2v) is 5.08. The number of rotatable bonds is 8. The van der Waals surface area contributed by atoms with E-state index in [0.29, 0.717) is 6.54 Å². The van der Waals surface area contributed by atoms with Crippen molar-refractivity contribution in [1.82, 2.24) is 9.88 Å². The van der Waals surface area contributed by atoms with Crippen molar-refractivity contribution in [2.24, 2.45) is 11.7 Å². The Morgan fingerprint density at radius 2 is 2.17 bits per heavy atom. The van der Waals surface area contributed by atoms with E-state index < -0.39 is 0 Å². The van der Waals surface area contributed by atoms with Gasteiger partial charge >= 0.3 is 0 Å². The minimum Gasteiger partial charge on any atom is -0.380 e. The van der Waals surface area contributed by atoms with Crippen LogP contribution in [-0.4, -0.2) is 36.7 Å². The highest BCUT2D eigenvalue weighted by Gasteiger charge is 2.20. The first-order valence-corrected chi connectivity index (χ1v) is 6.69. The second kappa shape index (κ2) is 6.83. The second-order valence-electron chi connectivity index (χ2n) is 5.08. The lowest BCUT2D eigenvalue weighted by atomic mass is 10.3. The summed E-state index contributed by atoms with van der Waals surface area (Å²) in [6.45, 7) is 4.04. The molecular weight excluding hydrogens is 226 g/mol. The molecule has 1 aliphatic carbocycles. The maximum absolute atomic E-state index is 5.63. The molecule has 0 amide bonds. The number of ether oxygens (including phenoxy) is 1. The van der Waals surface area contributed by atoms with Crippen LogP contribution in [0.3, 0.4) is 0 Å². The normalized spacial score (nSPS) is 15.3. The lowest BCUT2D eigenvalue weighted by Crippen LogP contribution is -2.23. The van der Waals surface area contributed by atoms with E-state index in [9.17, 15) is 0 Å². The van der Waals surface area contributed by atoms with Gasteiger partial charge in [-0.25, -0.2) is 0 Å². The van der Waals surface area contributed by atoms with Crippen molar-refractivity contribution in [3.8, 4) is 0 Å². The molecule has 0 unspecified atom stereocenters. The maximum Gasteiger partial charge on any atom is 0.0593 e. The molecule has 1 heterocycles. The van der Waals surface area contributed by atoms with Crippen molar-refractivity contribution < 1.29 is 4.74 Å². The SMILES string of the molecule is CN(CCOCC1CC1)Cc1cccc(CN)n1. The fourth-order valence-corrected chi connectivity index (χ4v) is 1.84. The minimum absolute atomic E-state index is 0.502. The Balaban J connectivity index is 1.66. The molecule has 2 rings (SSSR count). The van der Waals surface area contributed by atoms with Crippen LogP contribution < -0.4 is 5.73 Å². The van der Waals surface area contributed by atoms with Gasteiger partial charge in [0.25, 0.3) is 0 Å². The Morgan fingerprint density at radius 1 is 1.39 bits per heavy atom. The van der Waals surface area contributed by atoms with Crippen LogP contribution >= 0.6 is 0 Å². The van der Waals surface area contributed by atoms with Crippen molar-refractivity contribution >= 4 is 0 Å². The molecule has 0 aliphatic heterocycles. The third-order valence-corrected chi connectivity index (χ3v) is 3.17. The van der Waals surface area contributed by atoms with Gasteiger partial charge in [0.05, 0.1) is 18.0 Å². The van der Waals surface area contributed by atoms with Gasteiger partial charge < -0.3 is 10.5 Å². The van der Waals surface area contributed by atoms with Crippen LogP contribution in [0.2, 0.25) is 0 Å². The molecule has 0 spiro atoms. The number of nitrogens with zero attached hydrogens (tertiary/aromatic N) is 2. The van der Waals surface area contributed by atoms with Gasteiger partial charge in [0.2, 0.25) is 0 Å². The van der Waals surface area contributed by atoms with Crippen molar-refractivity contribution in [2.75, 3.05) is 26.8 Å². The van der Waals surface area contributed by atoms with Gasteiger partial charge in [-0.1, -0.05) is 6.07 Å². The summed E-state index contributed by atoms with van der Waals surface area (Å²) in [4.78, 5) is 6.72. The van der Waals surface area contributed by atoms with Crippen LogP contribution in [0.25, 0.3) is 0 Å². The topological polar surface area (TPSA) is 51.4 Å². The molecule has 100 valence electrons. The Labute approximate surface area is 109 Å². The summed E-state index contributed by atoms with van der Waals surface area (Å²) >= 11 is 0. The van der Waals surface area contributed by atoms with E-state index in [-0.39, 0.29) is 0 Å². The van der Waals surface area contributed by atoms with Crippen LogP contribution in [0.5, 0.6) is 0 Å². The molecule has 1 aliphatic rings. The fourth-order valence-electron chi connectivity index (χ4n) is 1.84. The number of nitrogens with two attached hydrogens (primary N) is 1. The summed E-state index contributed by atoms with van der Waals surface area (Å²) < 4.78 is 5.63. The Bertz CT molecular complexity index is 366. The molecule has 2 N–H and O–H groups in total. The summed E-state index contributed by atoms with van der Waals surface area (Å²) in [5.74, 6) is 0.846. The van der Waals surface area contributed by atoms with Gasteiger partial charge in [0.1, 0.15) is 0 Å². The number of aromatic nitrogens is 1. The molecule has 4 heteroatoms. The number of hydrogen-bond acceptors (Lipinski definition) is 4. The molecule has 0 saturated heterocycles. The van der Waals surface area contributed by atoms with Crippen molar-refractivity contribution in [3.05, 3.63) is 29.6 Å². The first-order chi connectivity index (χ1) is 8.78. The van der Waals surface area contributed by atoms with Crippen LogP contribution in [-0.2, 0) is 17.8 Å². The zero-order valence-corrected chi connectivity index (χ0v) is 11.1. The lowest BCUT2D eigenvalue weighted by molar-refractivity contribution is 0.101. The smallest absolute Gasteiger partial charge is 0.0593 e. The van der Waals surface area contributed by atoms with E-state index in [0.717, 1.165) is 43.6 Å². The average Bonchev–Trinajstić information content (AvgIpc) is 3.19. The van der Waals surface area contributed by atoms with E-state index >= 15 is 0 Å². The molecule has 18 heavy (non-hydrogen) atoms. The van der Waals surface area contributed by atoms with Crippen LogP contribution in [0, 0.1) is 5.92 Å². The van der Waals surface area contributed by atoms with Crippen LogP contribution in [0.1, 0.15) is 24.2 Å². The van der Waals surface area contributed by atoms with Crippen molar-refractivity contribution in [3.63, 3.8) is 0 Å². The van der Waals surface area contributed by atoms with Crippen LogP contribution in [0.4, 0.5) is 0 Å². The van der Waals surface area contributed by atoms with E-state index in [4.69, 9.17) is 10.5 Å². The summed E-state index contributed by atoms with van der Waals surface area (Å²) in [7, 11) is 2.09. The number of hydrogen-bond donors (Lipinski definition) is 1. The van der Waals surface area contributed by atoms with E-state index in [1.165, 1.54) is 12.8 Å². The monoisotopic (exact) mass is 249 g/mol. The standard InChI is InChI=1S/C14H23N3O/c1-17(7-8-18-11-12-5-6-12)10-14-4-2-3-13(9-15)16-14/h2-4,12H,5-11,15H2,1H3. The lowest BCUT2D eigenvalue weighted by Gasteiger charge is -2.16. The summed E-state index contributed by atoms with van der Waals surface area (Å²) in [5, 5.41) is 0. The molecule has 0 bridgehead atoms. The highest BCUT2D eigenvalue weighted by atomic mass is 16.5. The summed E-state index contributed by atoms with van der Waals surface area (Å²) in [6, 6.07) is 6.02. The Kier molecular flexibility index (Phi) is 5.11. The average molecular weight is 249 g/mol. The quantitative estimate of drug-likeness (QED) is 0.708. The van der Waals surface area contributed by atoms with E-state index in [1.807, 2.05) is 18.2 Å². The van der Waals surface area contributed by atoms with E-state index in [1.54, 1.807) is 0 Å². The van der Waals surface area contributed by atoms with Crippen molar-refractivity contribution in [2.45, 2.75) is 25.9 Å². The first-order valence-electron chi connectivity index (χ1n) is 6.69. The molecule has 0 aromatic carbocycles. The fraction of sp³-hybridized carbons (Fsp3) is 0.643.